The van der Waals surface area contributed by atoms with E-state index in [4.69, 9.17) is 5.21 Å². The highest BCUT2D eigenvalue weighted by molar-refractivity contribution is 5.91. The molecule has 0 saturated heterocycles. The highest BCUT2D eigenvalue weighted by Gasteiger charge is 2.08. The average Bonchev–Trinajstić information content (AvgIpc) is 2.50. The van der Waals surface area contributed by atoms with Gasteiger partial charge in [0.1, 0.15) is 11.5 Å². The summed E-state index contributed by atoms with van der Waals surface area (Å²) in [6.45, 7) is 4.13. The zero-order valence-corrected chi connectivity index (χ0v) is 7.66. The van der Waals surface area contributed by atoms with Gasteiger partial charge in [-0.25, -0.2) is 10.5 Å². The van der Waals surface area contributed by atoms with E-state index in [0.717, 1.165) is 12.2 Å². The van der Waals surface area contributed by atoms with Gasteiger partial charge in [0.15, 0.2) is 0 Å². The number of carbonyl (C=O) groups excluding carboxylic acids is 1. The van der Waals surface area contributed by atoms with E-state index in [-0.39, 0.29) is 5.69 Å². The highest BCUT2D eigenvalue weighted by atomic mass is 16.5. The van der Waals surface area contributed by atoms with Gasteiger partial charge in [-0.3, -0.25) is 10.0 Å². The van der Waals surface area contributed by atoms with Crippen molar-refractivity contribution in [1.82, 2.24) is 15.4 Å². The van der Waals surface area contributed by atoms with Crippen LogP contribution in [0.2, 0.25) is 0 Å². The summed E-state index contributed by atoms with van der Waals surface area (Å²) < 4.78 is 0. The fraction of sp³-hybridized carbons (Fsp3) is 0.500. The first-order chi connectivity index (χ1) is 6.13. The molecule has 5 nitrogen and oxygen atoms in total. The maximum absolute atomic E-state index is 10.9. The van der Waals surface area contributed by atoms with Crippen molar-refractivity contribution in [2.45, 2.75) is 20.3 Å². The molecule has 0 atom stereocenters. The summed E-state index contributed by atoms with van der Waals surface area (Å²) in [5, 5.41) is 8.33. The molecule has 0 fully saturated rings. The predicted molar refractivity (Wildman–Crippen MR) is 46.4 cm³/mol. The van der Waals surface area contributed by atoms with Crippen molar-refractivity contribution in [1.29, 1.82) is 0 Å². The molecule has 1 aromatic rings. The quantitative estimate of drug-likeness (QED) is 0.477. The summed E-state index contributed by atoms with van der Waals surface area (Å²) in [7, 11) is 0. The van der Waals surface area contributed by atoms with Crippen molar-refractivity contribution >= 4 is 5.91 Å². The van der Waals surface area contributed by atoms with Gasteiger partial charge in [-0.2, -0.15) is 0 Å². The Bertz CT molecular complexity index is 293. The lowest BCUT2D eigenvalue weighted by atomic mass is 10.1. The van der Waals surface area contributed by atoms with Crippen LogP contribution in [0.15, 0.2) is 6.20 Å². The minimum atomic E-state index is -0.567. The number of nitrogens with one attached hydrogen (secondary N) is 2. The Kier molecular flexibility index (Phi) is 3.02. The first kappa shape index (κ1) is 9.73. The SMILES string of the molecule is CC(C)Cc1ncc(C(=O)NO)[nH]1. The molecule has 13 heavy (non-hydrogen) atoms. The Labute approximate surface area is 76.1 Å². The van der Waals surface area contributed by atoms with E-state index in [0.29, 0.717) is 5.92 Å². The van der Waals surface area contributed by atoms with E-state index >= 15 is 0 Å². The van der Waals surface area contributed by atoms with Crippen molar-refractivity contribution in [3.8, 4) is 0 Å². The van der Waals surface area contributed by atoms with E-state index in [2.05, 4.69) is 23.8 Å². The van der Waals surface area contributed by atoms with Gasteiger partial charge in [0.25, 0.3) is 5.91 Å². The first-order valence-corrected chi connectivity index (χ1v) is 4.11. The summed E-state index contributed by atoms with van der Waals surface area (Å²) in [4.78, 5) is 17.7. The third kappa shape index (κ3) is 2.55. The predicted octanol–water partition coefficient (Wildman–Crippen LogP) is 0.727. The van der Waals surface area contributed by atoms with E-state index in [1.165, 1.54) is 11.7 Å². The fourth-order valence-electron chi connectivity index (χ4n) is 1.03. The maximum Gasteiger partial charge on any atom is 0.292 e. The molecule has 3 N–H and O–H groups in total. The fourth-order valence-corrected chi connectivity index (χ4v) is 1.03. The molecule has 0 unspecified atom stereocenters. The van der Waals surface area contributed by atoms with Crippen molar-refractivity contribution in [3.05, 3.63) is 17.7 Å². The molecule has 0 bridgehead atoms. The Morgan fingerprint density at radius 3 is 3.00 bits per heavy atom. The van der Waals surface area contributed by atoms with Crippen LogP contribution in [0.4, 0.5) is 0 Å². The molecule has 0 aromatic carbocycles. The Hall–Kier alpha value is -1.36. The van der Waals surface area contributed by atoms with E-state index in [1.807, 2.05) is 0 Å². The number of hydroxylamine groups is 1. The number of nitrogens with zero attached hydrogens (tertiary/aromatic N) is 1. The number of imidazole rings is 1. The molecule has 1 amide bonds. The molecule has 72 valence electrons. The summed E-state index contributed by atoms with van der Waals surface area (Å²) >= 11 is 0. The molecule has 5 heteroatoms. The van der Waals surface area contributed by atoms with E-state index in [1.54, 1.807) is 0 Å². The van der Waals surface area contributed by atoms with Crippen molar-refractivity contribution in [2.24, 2.45) is 5.92 Å². The lowest BCUT2D eigenvalue weighted by Gasteiger charge is -1.99. The van der Waals surface area contributed by atoms with Gasteiger partial charge in [-0.15, -0.1) is 0 Å². The number of aromatic amines is 1. The third-order valence-electron chi connectivity index (χ3n) is 1.58. The maximum atomic E-state index is 10.9. The van der Waals surface area contributed by atoms with Crippen LogP contribution in [0.25, 0.3) is 0 Å². The zero-order chi connectivity index (χ0) is 9.84. The van der Waals surface area contributed by atoms with Crippen molar-refractivity contribution in [2.75, 3.05) is 0 Å². The number of amides is 1. The largest absolute Gasteiger partial charge is 0.338 e. The van der Waals surface area contributed by atoms with Crippen LogP contribution in [-0.2, 0) is 6.42 Å². The van der Waals surface area contributed by atoms with Crippen LogP contribution in [0.1, 0.15) is 30.2 Å². The third-order valence-corrected chi connectivity index (χ3v) is 1.58. The van der Waals surface area contributed by atoms with Gasteiger partial charge in [-0.1, -0.05) is 13.8 Å². The summed E-state index contributed by atoms with van der Waals surface area (Å²) in [6.07, 6.45) is 2.20. The highest BCUT2D eigenvalue weighted by Crippen LogP contribution is 2.04. The number of hydrogen-bond acceptors (Lipinski definition) is 3. The van der Waals surface area contributed by atoms with Gasteiger partial charge in [0, 0.05) is 6.42 Å². The summed E-state index contributed by atoms with van der Waals surface area (Å²) in [5.41, 5.74) is 1.81. The lowest BCUT2D eigenvalue weighted by molar-refractivity contribution is 0.0701. The van der Waals surface area contributed by atoms with Gasteiger partial charge in [0.05, 0.1) is 6.20 Å². The first-order valence-electron chi connectivity index (χ1n) is 4.11. The average molecular weight is 183 g/mol. The second-order valence-electron chi connectivity index (χ2n) is 3.28. The van der Waals surface area contributed by atoms with Crippen LogP contribution >= 0.6 is 0 Å². The second kappa shape index (κ2) is 4.04. The molecule has 0 spiro atoms. The van der Waals surface area contributed by atoms with Crippen molar-refractivity contribution in [3.63, 3.8) is 0 Å². The molecule has 0 saturated carbocycles. The number of aromatic nitrogens is 2. The van der Waals surface area contributed by atoms with Crippen LogP contribution in [0, 0.1) is 5.92 Å². The lowest BCUT2D eigenvalue weighted by Crippen LogP contribution is -2.18. The molecule has 1 heterocycles. The van der Waals surface area contributed by atoms with Crippen LogP contribution < -0.4 is 5.48 Å². The van der Waals surface area contributed by atoms with Crippen molar-refractivity contribution < 1.29 is 10.0 Å². The summed E-state index contributed by atoms with van der Waals surface area (Å²) in [5.74, 6) is 0.673. The normalized spacial score (nSPS) is 10.5. The summed E-state index contributed by atoms with van der Waals surface area (Å²) in [6, 6.07) is 0. The topological polar surface area (TPSA) is 78.0 Å². The molecule has 0 aliphatic rings. The second-order valence-corrected chi connectivity index (χ2v) is 3.28. The van der Waals surface area contributed by atoms with E-state index in [9.17, 15) is 4.79 Å². The minimum Gasteiger partial charge on any atom is -0.338 e. The van der Waals surface area contributed by atoms with Gasteiger partial charge in [0.2, 0.25) is 0 Å². The molecular weight excluding hydrogens is 170 g/mol. The number of rotatable bonds is 3. The standard InChI is InChI=1S/C8H13N3O2/c1-5(2)3-7-9-4-6(10-7)8(12)11-13/h4-5,13H,3H2,1-2H3,(H,9,10)(H,11,12). The molecule has 1 rings (SSSR count). The Morgan fingerprint density at radius 1 is 1.77 bits per heavy atom. The van der Waals surface area contributed by atoms with Crippen LogP contribution in [-0.4, -0.2) is 21.1 Å². The number of carbonyl (C=O) groups is 1. The monoisotopic (exact) mass is 183 g/mol. The molecule has 0 aliphatic carbocycles. The number of H-pyrrole nitrogens is 1. The van der Waals surface area contributed by atoms with E-state index < -0.39 is 5.91 Å². The smallest absolute Gasteiger partial charge is 0.292 e. The molecular formula is C8H13N3O2. The molecule has 0 radical (unpaired) electrons. The molecule has 1 aromatic heterocycles. The van der Waals surface area contributed by atoms with Gasteiger partial charge < -0.3 is 4.98 Å². The Morgan fingerprint density at radius 2 is 2.46 bits per heavy atom. The van der Waals surface area contributed by atoms with Gasteiger partial charge in [-0.05, 0) is 5.92 Å². The number of hydrogen-bond donors (Lipinski definition) is 3. The van der Waals surface area contributed by atoms with Gasteiger partial charge >= 0.3 is 0 Å². The zero-order valence-electron chi connectivity index (χ0n) is 7.66. The molecule has 0 aliphatic heterocycles. The van der Waals surface area contributed by atoms with Crippen LogP contribution in [0.5, 0.6) is 0 Å². The Balaban J connectivity index is 2.69. The van der Waals surface area contributed by atoms with Crippen LogP contribution in [0.3, 0.4) is 0 Å². The minimum absolute atomic E-state index is 0.276.